The van der Waals surface area contributed by atoms with Gasteiger partial charge in [-0.25, -0.2) is 0 Å². The summed E-state index contributed by atoms with van der Waals surface area (Å²) in [6.07, 6.45) is 4.85. The van der Waals surface area contributed by atoms with E-state index in [1.165, 1.54) is 25.7 Å². The number of methoxy groups -OCH3 is 1. The van der Waals surface area contributed by atoms with Gasteiger partial charge in [-0.1, -0.05) is 31.9 Å². The summed E-state index contributed by atoms with van der Waals surface area (Å²) in [5.41, 5.74) is 1.37. The van der Waals surface area contributed by atoms with Crippen molar-refractivity contribution in [1.82, 2.24) is 5.32 Å². The Morgan fingerprint density at radius 3 is 2.47 bits per heavy atom. The highest BCUT2D eigenvalue weighted by molar-refractivity contribution is 5.28. The predicted octanol–water partition coefficient (Wildman–Crippen LogP) is 2.90. The highest BCUT2D eigenvalue weighted by Gasteiger charge is 2.28. The van der Waals surface area contributed by atoms with Crippen LogP contribution in [0, 0.1) is 5.41 Å². The number of benzene rings is 1. The van der Waals surface area contributed by atoms with E-state index in [1.807, 2.05) is 24.3 Å². The van der Waals surface area contributed by atoms with E-state index < -0.39 is 6.10 Å². The fraction of sp³-hybridized carbons (Fsp3) is 0.625. The second-order valence-electron chi connectivity index (χ2n) is 5.94. The third-order valence-electron chi connectivity index (χ3n) is 4.20. The predicted molar refractivity (Wildman–Crippen MR) is 77.4 cm³/mol. The maximum absolute atomic E-state index is 10.1. The first-order valence-corrected chi connectivity index (χ1v) is 7.16. The molecule has 0 radical (unpaired) electrons. The third-order valence-corrected chi connectivity index (χ3v) is 4.20. The SMILES string of the molecule is COc1ccc(C(O)CNCC2(C)CCCC2)cc1. The van der Waals surface area contributed by atoms with E-state index in [0.717, 1.165) is 17.9 Å². The van der Waals surface area contributed by atoms with Crippen LogP contribution in [0.4, 0.5) is 0 Å². The fourth-order valence-electron chi connectivity index (χ4n) is 2.86. The lowest BCUT2D eigenvalue weighted by Gasteiger charge is -2.24. The second-order valence-corrected chi connectivity index (χ2v) is 5.94. The zero-order valence-electron chi connectivity index (χ0n) is 12.0. The molecule has 1 saturated carbocycles. The van der Waals surface area contributed by atoms with Gasteiger partial charge in [-0.05, 0) is 36.0 Å². The molecule has 0 bridgehead atoms. The van der Waals surface area contributed by atoms with Gasteiger partial charge < -0.3 is 15.2 Å². The summed E-state index contributed by atoms with van der Waals surface area (Å²) in [6.45, 7) is 3.95. The number of hydrogen-bond acceptors (Lipinski definition) is 3. The topological polar surface area (TPSA) is 41.5 Å². The Labute approximate surface area is 116 Å². The maximum atomic E-state index is 10.1. The quantitative estimate of drug-likeness (QED) is 0.829. The van der Waals surface area contributed by atoms with Crippen LogP contribution < -0.4 is 10.1 Å². The van der Waals surface area contributed by atoms with Crippen LogP contribution in [0.3, 0.4) is 0 Å². The van der Waals surface area contributed by atoms with Crippen molar-refractivity contribution in [1.29, 1.82) is 0 Å². The van der Waals surface area contributed by atoms with Gasteiger partial charge >= 0.3 is 0 Å². The summed E-state index contributed by atoms with van der Waals surface area (Å²) >= 11 is 0. The third kappa shape index (κ3) is 3.95. The van der Waals surface area contributed by atoms with Crippen molar-refractivity contribution in [2.24, 2.45) is 5.41 Å². The molecule has 1 aliphatic rings. The van der Waals surface area contributed by atoms with Crippen molar-refractivity contribution in [3.8, 4) is 5.75 Å². The summed E-state index contributed by atoms with van der Waals surface area (Å²) in [4.78, 5) is 0. The van der Waals surface area contributed by atoms with Gasteiger partial charge in [0.25, 0.3) is 0 Å². The smallest absolute Gasteiger partial charge is 0.118 e. The molecule has 0 aromatic heterocycles. The lowest BCUT2D eigenvalue weighted by atomic mass is 9.89. The van der Waals surface area contributed by atoms with E-state index >= 15 is 0 Å². The molecule has 0 heterocycles. The largest absolute Gasteiger partial charge is 0.497 e. The Kier molecular flexibility index (Phi) is 4.83. The Hall–Kier alpha value is -1.06. The number of nitrogens with one attached hydrogen (secondary N) is 1. The molecule has 1 atom stereocenters. The molecule has 2 rings (SSSR count). The normalized spacial score (nSPS) is 19.3. The molecule has 2 N–H and O–H groups in total. The monoisotopic (exact) mass is 263 g/mol. The van der Waals surface area contributed by atoms with Gasteiger partial charge in [0.05, 0.1) is 13.2 Å². The van der Waals surface area contributed by atoms with Crippen LogP contribution in [-0.2, 0) is 0 Å². The Morgan fingerprint density at radius 2 is 1.89 bits per heavy atom. The van der Waals surface area contributed by atoms with Crippen LogP contribution in [0.2, 0.25) is 0 Å². The molecule has 19 heavy (non-hydrogen) atoms. The van der Waals surface area contributed by atoms with Gasteiger partial charge in [0, 0.05) is 13.1 Å². The van der Waals surface area contributed by atoms with Crippen LogP contribution in [0.25, 0.3) is 0 Å². The van der Waals surface area contributed by atoms with Crippen molar-refractivity contribution < 1.29 is 9.84 Å². The summed E-state index contributed by atoms with van der Waals surface area (Å²) in [5, 5.41) is 13.6. The summed E-state index contributed by atoms with van der Waals surface area (Å²) < 4.78 is 5.11. The van der Waals surface area contributed by atoms with E-state index in [4.69, 9.17) is 4.74 Å². The Bertz CT molecular complexity index is 382. The molecule has 0 amide bonds. The number of ether oxygens (including phenoxy) is 1. The number of rotatable bonds is 6. The Morgan fingerprint density at radius 1 is 1.26 bits per heavy atom. The lowest BCUT2D eigenvalue weighted by molar-refractivity contribution is 0.167. The zero-order valence-corrected chi connectivity index (χ0v) is 12.0. The van der Waals surface area contributed by atoms with E-state index in [9.17, 15) is 5.11 Å². The van der Waals surface area contributed by atoms with Gasteiger partial charge in [-0.2, -0.15) is 0 Å². The van der Waals surface area contributed by atoms with E-state index in [1.54, 1.807) is 7.11 Å². The minimum absolute atomic E-state index is 0.430. The molecule has 1 aromatic carbocycles. The molecule has 3 heteroatoms. The summed E-state index contributed by atoms with van der Waals surface area (Å²) in [7, 11) is 1.65. The first kappa shape index (κ1) is 14.4. The van der Waals surface area contributed by atoms with Gasteiger partial charge in [-0.15, -0.1) is 0 Å². The molecule has 0 saturated heterocycles. The molecule has 0 aliphatic heterocycles. The van der Waals surface area contributed by atoms with Crippen LogP contribution in [-0.4, -0.2) is 25.3 Å². The highest BCUT2D eigenvalue weighted by atomic mass is 16.5. The molecule has 1 aliphatic carbocycles. The summed E-state index contributed by atoms with van der Waals surface area (Å²) in [5.74, 6) is 0.822. The first-order chi connectivity index (χ1) is 9.13. The van der Waals surface area contributed by atoms with Crippen molar-refractivity contribution in [2.75, 3.05) is 20.2 Å². The molecule has 1 unspecified atom stereocenters. The maximum Gasteiger partial charge on any atom is 0.118 e. The first-order valence-electron chi connectivity index (χ1n) is 7.16. The van der Waals surface area contributed by atoms with Crippen molar-refractivity contribution >= 4 is 0 Å². The summed E-state index contributed by atoms with van der Waals surface area (Å²) in [6, 6.07) is 7.61. The van der Waals surface area contributed by atoms with Crippen LogP contribution >= 0.6 is 0 Å². The Balaban J connectivity index is 1.78. The molecular formula is C16H25NO2. The van der Waals surface area contributed by atoms with Crippen LogP contribution in [0.1, 0.15) is 44.3 Å². The average molecular weight is 263 g/mol. The zero-order chi connectivity index (χ0) is 13.7. The van der Waals surface area contributed by atoms with Crippen molar-refractivity contribution in [2.45, 2.75) is 38.7 Å². The number of hydrogen-bond donors (Lipinski definition) is 2. The lowest BCUT2D eigenvalue weighted by Crippen LogP contribution is -2.32. The van der Waals surface area contributed by atoms with Gasteiger partial charge in [0.1, 0.15) is 5.75 Å². The molecule has 106 valence electrons. The molecule has 0 spiro atoms. The highest BCUT2D eigenvalue weighted by Crippen LogP contribution is 2.36. The fourth-order valence-corrected chi connectivity index (χ4v) is 2.86. The van der Waals surface area contributed by atoms with Crippen LogP contribution in [0.5, 0.6) is 5.75 Å². The van der Waals surface area contributed by atoms with E-state index in [2.05, 4.69) is 12.2 Å². The van der Waals surface area contributed by atoms with Gasteiger partial charge in [0.2, 0.25) is 0 Å². The number of aliphatic hydroxyl groups is 1. The minimum atomic E-state index is -0.448. The van der Waals surface area contributed by atoms with E-state index in [-0.39, 0.29) is 0 Å². The van der Waals surface area contributed by atoms with Crippen molar-refractivity contribution in [3.05, 3.63) is 29.8 Å². The molecule has 3 nitrogen and oxygen atoms in total. The average Bonchev–Trinajstić information content (AvgIpc) is 2.86. The van der Waals surface area contributed by atoms with Crippen LogP contribution in [0.15, 0.2) is 24.3 Å². The van der Waals surface area contributed by atoms with E-state index in [0.29, 0.717) is 12.0 Å². The second kappa shape index (κ2) is 6.40. The molecule has 1 fully saturated rings. The van der Waals surface area contributed by atoms with Gasteiger partial charge in [0.15, 0.2) is 0 Å². The molecular weight excluding hydrogens is 238 g/mol. The molecule has 1 aromatic rings. The minimum Gasteiger partial charge on any atom is -0.497 e. The van der Waals surface area contributed by atoms with Crippen molar-refractivity contribution in [3.63, 3.8) is 0 Å². The number of aliphatic hydroxyl groups excluding tert-OH is 1. The van der Waals surface area contributed by atoms with Gasteiger partial charge in [-0.3, -0.25) is 0 Å². The standard InChI is InChI=1S/C16H25NO2/c1-16(9-3-4-10-16)12-17-11-15(18)13-5-7-14(19-2)8-6-13/h5-8,15,17-18H,3-4,9-12H2,1-2H3.